The molecule has 0 aliphatic heterocycles. The molecule has 2 aromatic rings. The van der Waals surface area contributed by atoms with Gasteiger partial charge in [-0.25, -0.2) is 0 Å². The summed E-state index contributed by atoms with van der Waals surface area (Å²) < 4.78 is 1.26. The molecule has 0 atom stereocenters. The van der Waals surface area contributed by atoms with Crippen molar-refractivity contribution < 1.29 is 0 Å². The van der Waals surface area contributed by atoms with E-state index in [2.05, 4.69) is 124 Å². The summed E-state index contributed by atoms with van der Waals surface area (Å²) in [5.41, 5.74) is 9.47. The number of hydrogen-bond donors (Lipinski definition) is 0. The molecule has 0 spiro atoms. The zero-order chi connectivity index (χ0) is 18.6. The summed E-state index contributed by atoms with van der Waals surface area (Å²) in [5, 5.41) is 0. The molecular formula is C23H29ISi. The highest BCUT2D eigenvalue weighted by atomic mass is 127. The van der Waals surface area contributed by atoms with Crippen molar-refractivity contribution in [2.75, 3.05) is 0 Å². The standard InChI is InChI=1S/C23H29ISi/c1-17(2)25(18(3)4,19(5)6)16-15-20-9-7-8-10-23(20)21-11-13-22(24)14-12-21/h7-14,17-19H,1-6H3. The third-order valence-corrected chi connectivity index (χ3v) is 12.4. The van der Waals surface area contributed by atoms with Gasteiger partial charge < -0.3 is 0 Å². The summed E-state index contributed by atoms with van der Waals surface area (Å²) in [6, 6.07) is 17.3. The Kier molecular flexibility index (Phi) is 6.93. The predicted octanol–water partition coefficient (Wildman–Crippen LogP) is 7.53. The van der Waals surface area contributed by atoms with Crippen molar-refractivity contribution in [3.8, 4) is 22.6 Å². The van der Waals surface area contributed by atoms with Gasteiger partial charge in [-0.3, -0.25) is 0 Å². The number of benzene rings is 2. The van der Waals surface area contributed by atoms with E-state index in [0.717, 1.165) is 5.56 Å². The van der Waals surface area contributed by atoms with Gasteiger partial charge in [0.15, 0.2) is 0 Å². The van der Waals surface area contributed by atoms with Crippen molar-refractivity contribution in [3.05, 3.63) is 57.7 Å². The zero-order valence-electron chi connectivity index (χ0n) is 16.2. The van der Waals surface area contributed by atoms with Gasteiger partial charge in [0.2, 0.25) is 0 Å². The van der Waals surface area contributed by atoms with E-state index in [4.69, 9.17) is 0 Å². The molecule has 0 aliphatic carbocycles. The summed E-state index contributed by atoms with van der Waals surface area (Å²) in [6.07, 6.45) is 0. The van der Waals surface area contributed by atoms with Crippen LogP contribution in [0.4, 0.5) is 0 Å². The maximum absolute atomic E-state index is 3.86. The van der Waals surface area contributed by atoms with Crippen molar-refractivity contribution in [1.82, 2.24) is 0 Å². The maximum Gasteiger partial charge on any atom is 0.146 e. The normalized spacial score (nSPS) is 11.8. The average molecular weight is 460 g/mol. The Morgan fingerprint density at radius 1 is 0.760 bits per heavy atom. The fourth-order valence-corrected chi connectivity index (χ4v) is 9.66. The lowest BCUT2D eigenvalue weighted by Crippen LogP contribution is -2.43. The Morgan fingerprint density at radius 2 is 1.28 bits per heavy atom. The van der Waals surface area contributed by atoms with Crippen LogP contribution in [0.3, 0.4) is 0 Å². The van der Waals surface area contributed by atoms with Crippen LogP contribution in [0.1, 0.15) is 47.1 Å². The third kappa shape index (κ3) is 4.38. The van der Waals surface area contributed by atoms with Crippen molar-refractivity contribution in [2.45, 2.75) is 58.2 Å². The summed E-state index contributed by atoms with van der Waals surface area (Å²) in [7, 11) is -1.71. The minimum Gasteiger partial charge on any atom is -0.125 e. The average Bonchev–Trinajstić information content (AvgIpc) is 2.55. The topological polar surface area (TPSA) is 0 Å². The Balaban J connectivity index is 2.55. The van der Waals surface area contributed by atoms with Crippen LogP contribution in [0.15, 0.2) is 48.5 Å². The van der Waals surface area contributed by atoms with Gasteiger partial charge in [0, 0.05) is 9.13 Å². The molecule has 0 fully saturated rings. The van der Waals surface area contributed by atoms with E-state index in [0.29, 0.717) is 16.6 Å². The zero-order valence-corrected chi connectivity index (χ0v) is 19.4. The van der Waals surface area contributed by atoms with Gasteiger partial charge in [-0.05, 0) is 68.5 Å². The van der Waals surface area contributed by atoms with Crippen LogP contribution < -0.4 is 0 Å². The summed E-state index contributed by atoms with van der Waals surface area (Å²) in [5.74, 6) is 3.62. The number of halogens is 1. The van der Waals surface area contributed by atoms with Gasteiger partial charge in [-0.1, -0.05) is 77.8 Å². The largest absolute Gasteiger partial charge is 0.146 e. The smallest absolute Gasteiger partial charge is 0.125 e. The maximum atomic E-state index is 3.86. The highest BCUT2D eigenvalue weighted by molar-refractivity contribution is 14.1. The molecule has 0 saturated carbocycles. The molecule has 0 radical (unpaired) electrons. The van der Waals surface area contributed by atoms with Crippen LogP contribution >= 0.6 is 22.6 Å². The van der Waals surface area contributed by atoms with Crippen LogP contribution in [-0.4, -0.2) is 8.07 Å². The van der Waals surface area contributed by atoms with Crippen LogP contribution in [0.25, 0.3) is 11.1 Å². The summed E-state index contributed by atoms with van der Waals surface area (Å²) in [6.45, 7) is 14.2. The van der Waals surface area contributed by atoms with E-state index in [1.165, 1.54) is 14.7 Å². The second kappa shape index (κ2) is 8.55. The van der Waals surface area contributed by atoms with Gasteiger partial charge in [0.1, 0.15) is 8.07 Å². The predicted molar refractivity (Wildman–Crippen MR) is 123 cm³/mol. The molecule has 0 bridgehead atoms. The van der Waals surface area contributed by atoms with Gasteiger partial charge in [0.25, 0.3) is 0 Å². The lowest BCUT2D eigenvalue weighted by Gasteiger charge is -2.38. The van der Waals surface area contributed by atoms with E-state index >= 15 is 0 Å². The molecular weight excluding hydrogens is 431 g/mol. The van der Waals surface area contributed by atoms with Crippen LogP contribution in [0.2, 0.25) is 16.6 Å². The van der Waals surface area contributed by atoms with Crippen LogP contribution in [-0.2, 0) is 0 Å². The molecule has 2 rings (SSSR count). The third-order valence-electron chi connectivity index (χ3n) is 5.36. The molecule has 0 unspecified atom stereocenters. The molecule has 0 nitrogen and oxygen atoms in total. The second-order valence-electron chi connectivity index (χ2n) is 7.70. The summed E-state index contributed by atoms with van der Waals surface area (Å²) in [4.78, 5) is 0. The van der Waals surface area contributed by atoms with E-state index in [-0.39, 0.29) is 0 Å². The van der Waals surface area contributed by atoms with Crippen molar-refractivity contribution in [2.24, 2.45) is 0 Å². The molecule has 0 aromatic heterocycles. The highest BCUT2D eigenvalue weighted by Gasteiger charge is 2.41. The molecule has 0 heterocycles. The second-order valence-corrected chi connectivity index (χ2v) is 14.5. The Morgan fingerprint density at radius 3 is 1.80 bits per heavy atom. The van der Waals surface area contributed by atoms with Gasteiger partial charge in [-0.2, -0.15) is 0 Å². The Bertz CT molecular complexity index is 739. The van der Waals surface area contributed by atoms with E-state index < -0.39 is 8.07 Å². The SMILES string of the molecule is CC(C)[Si](C#Cc1ccccc1-c1ccc(I)cc1)(C(C)C)C(C)C. The van der Waals surface area contributed by atoms with Crippen molar-refractivity contribution in [1.29, 1.82) is 0 Å². The lowest BCUT2D eigenvalue weighted by atomic mass is 10.0. The number of hydrogen-bond acceptors (Lipinski definition) is 0. The highest BCUT2D eigenvalue weighted by Crippen LogP contribution is 2.41. The van der Waals surface area contributed by atoms with Crippen LogP contribution in [0, 0.1) is 15.0 Å². The van der Waals surface area contributed by atoms with Crippen LogP contribution in [0.5, 0.6) is 0 Å². The molecule has 2 heteroatoms. The van der Waals surface area contributed by atoms with Gasteiger partial charge in [-0.15, -0.1) is 5.54 Å². The first kappa shape index (κ1) is 20.3. The molecule has 25 heavy (non-hydrogen) atoms. The Labute approximate surface area is 168 Å². The first-order valence-corrected chi connectivity index (χ1v) is 12.5. The molecule has 2 aromatic carbocycles. The van der Waals surface area contributed by atoms with Crippen molar-refractivity contribution in [3.63, 3.8) is 0 Å². The van der Waals surface area contributed by atoms with Gasteiger partial charge >= 0.3 is 0 Å². The monoisotopic (exact) mass is 460 g/mol. The van der Waals surface area contributed by atoms with Crippen molar-refractivity contribution >= 4 is 30.7 Å². The first-order chi connectivity index (χ1) is 11.8. The van der Waals surface area contributed by atoms with E-state index in [1.54, 1.807) is 0 Å². The van der Waals surface area contributed by atoms with Gasteiger partial charge in [0.05, 0.1) is 0 Å². The molecule has 0 amide bonds. The molecule has 0 N–H and O–H groups in total. The lowest BCUT2D eigenvalue weighted by molar-refractivity contribution is 0.838. The molecule has 0 saturated heterocycles. The van der Waals surface area contributed by atoms with E-state index in [9.17, 15) is 0 Å². The molecule has 132 valence electrons. The Hall–Kier alpha value is -1.05. The first-order valence-electron chi connectivity index (χ1n) is 9.17. The fourth-order valence-electron chi connectivity index (χ4n) is 4.08. The quantitative estimate of drug-likeness (QED) is 0.251. The number of rotatable bonds is 4. The summed E-state index contributed by atoms with van der Waals surface area (Å²) >= 11 is 2.35. The minimum atomic E-state index is -1.71. The fraction of sp³-hybridized carbons (Fsp3) is 0.391. The molecule has 0 aliphatic rings. The minimum absolute atomic E-state index is 0.658. The van der Waals surface area contributed by atoms with E-state index in [1.807, 2.05) is 0 Å².